The van der Waals surface area contributed by atoms with E-state index in [1.165, 1.54) is 24.3 Å². The fourth-order valence-electron chi connectivity index (χ4n) is 2.86. The Labute approximate surface area is 164 Å². The molecule has 0 spiro atoms. The highest BCUT2D eigenvalue weighted by atomic mass is 19.3. The molecule has 28 heavy (non-hydrogen) atoms. The van der Waals surface area contributed by atoms with Crippen LogP contribution >= 0.6 is 0 Å². The number of likely N-dealkylation sites (N-methyl/N-ethyl adjacent to an activating group) is 1. The summed E-state index contributed by atoms with van der Waals surface area (Å²) in [5.74, 6) is 0.0747. The zero-order valence-electron chi connectivity index (χ0n) is 16.4. The fourth-order valence-corrected chi connectivity index (χ4v) is 2.86. The van der Waals surface area contributed by atoms with Crippen LogP contribution in [0.4, 0.5) is 8.78 Å². The van der Waals surface area contributed by atoms with Crippen LogP contribution < -0.4 is 19.7 Å². The molecule has 0 bridgehead atoms. The monoisotopic (exact) mass is 393 g/mol. The average molecular weight is 393 g/mol. The summed E-state index contributed by atoms with van der Waals surface area (Å²) in [5, 5.41) is 2.84. The number of methoxy groups -OCH3 is 1. The van der Waals surface area contributed by atoms with E-state index >= 15 is 0 Å². The lowest BCUT2D eigenvalue weighted by Crippen LogP contribution is -3.08. The molecule has 0 heterocycles. The van der Waals surface area contributed by atoms with Crippen LogP contribution in [0, 0.1) is 0 Å². The minimum Gasteiger partial charge on any atom is -0.493 e. The maximum Gasteiger partial charge on any atom is 0.387 e. The van der Waals surface area contributed by atoms with Gasteiger partial charge in [-0.1, -0.05) is 37.3 Å². The normalized spacial score (nSPS) is 11.9. The van der Waals surface area contributed by atoms with Gasteiger partial charge in [0.15, 0.2) is 18.0 Å². The number of alkyl halides is 2. The number of quaternary nitrogens is 1. The van der Waals surface area contributed by atoms with Gasteiger partial charge < -0.3 is 19.7 Å². The zero-order valence-corrected chi connectivity index (χ0v) is 16.4. The van der Waals surface area contributed by atoms with Crippen molar-refractivity contribution in [1.82, 2.24) is 5.32 Å². The van der Waals surface area contributed by atoms with E-state index in [2.05, 4.69) is 41.2 Å². The first-order chi connectivity index (χ1) is 13.4. The Bertz CT molecular complexity index is 767. The molecular weight excluding hydrogens is 366 g/mol. The molecule has 0 fully saturated rings. The number of benzene rings is 2. The fraction of sp³-hybridized carbons (Fsp3) is 0.381. The lowest BCUT2D eigenvalue weighted by atomic mass is 10.1. The number of amides is 1. The van der Waals surface area contributed by atoms with Crippen LogP contribution in [0.15, 0.2) is 42.5 Å². The number of carbonyl (C=O) groups is 1. The maximum absolute atomic E-state index is 12.4. The van der Waals surface area contributed by atoms with Gasteiger partial charge in [0.25, 0.3) is 5.91 Å². The van der Waals surface area contributed by atoms with Gasteiger partial charge in [-0.15, -0.1) is 0 Å². The van der Waals surface area contributed by atoms with Crippen LogP contribution in [0.25, 0.3) is 0 Å². The zero-order chi connectivity index (χ0) is 20.5. The number of hydrogen-bond donors (Lipinski definition) is 2. The summed E-state index contributed by atoms with van der Waals surface area (Å²) in [6.07, 6.45) is 1.01. The smallest absolute Gasteiger partial charge is 0.387 e. The van der Waals surface area contributed by atoms with Crippen molar-refractivity contribution < 1.29 is 27.9 Å². The molecule has 0 radical (unpaired) electrons. The van der Waals surface area contributed by atoms with E-state index in [0.29, 0.717) is 6.54 Å². The lowest BCUT2D eigenvalue weighted by molar-refractivity contribution is -0.885. The van der Waals surface area contributed by atoms with Gasteiger partial charge in [-0.3, -0.25) is 4.79 Å². The van der Waals surface area contributed by atoms with Crippen molar-refractivity contribution in [2.45, 2.75) is 33.0 Å². The summed E-state index contributed by atoms with van der Waals surface area (Å²) in [6, 6.07) is 13.0. The number of ether oxygens (including phenoxy) is 2. The Morgan fingerprint density at radius 2 is 1.71 bits per heavy atom. The summed E-state index contributed by atoms with van der Waals surface area (Å²) < 4.78 is 34.2. The highest BCUT2D eigenvalue weighted by Gasteiger charge is 2.13. The Kier molecular flexibility index (Phi) is 8.19. The van der Waals surface area contributed by atoms with E-state index < -0.39 is 6.61 Å². The number of rotatable bonds is 10. The average Bonchev–Trinajstić information content (AvgIpc) is 2.67. The van der Waals surface area contributed by atoms with Crippen molar-refractivity contribution >= 4 is 5.91 Å². The largest absolute Gasteiger partial charge is 0.493 e. The molecule has 0 aromatic heterocycles. The van der Waals surface area contributed by atoms with Gasteiger partial charge in [0.05, 0.1) is 14.2 Å². The predicted octanol–water partition coefficient (Wildman–Crippen LogP) is 2.19. The molecule has 2 aromatic carbocycles. The molecule has 1 amide bonds. The number of hydrogen-bond acceptors (Lipinski definition) is 3. The molecule has 152 valence electrons. The third-order valence-electron chi connectivity index (χ3n) is 4.33. The number of nitrogens with one attached hydrogen (secondary N) is 2. The highest BCUT2D eigenvalue weighted by molar-refractivity contribution is 5.76. The van der Waals surface area contributed by atoms with E-state index in [4.69, 9.17) is 4.74 Å². The van der Waals surface area contributed by atoms with Gasteiger partial charge in [0.1, 0.15) is 6.54 Å². The molecule has 0 saturated heterocycles. The molecule has 2 rings (SSSR count). The molecule has 2 N–H and O–H groups in total. The van der Waals surface area contributed by atoms with Crippen LogP contribution in [0.1, 0.15) is 23.6 Å². The molecule has 2 aromatic rings. The molecule has 1 unspecified atom stereocenters. The highest BCUT2D eigenvalue weighted by Crippen LogP contribution is 2.29. The van der Waals surface area contributed by atoms with Crippen LogP contribution in [0.2, 0.25) is 0 Å². The van der Waals surface area contributed by atoms with Crippen molar-refractivity contribution in [3.05, 3.63) is 59.2 Å². The Balaban J connectivity index is 1.84. The first-order valence-electron chi connectivity index (χ1n) is 9.18. The molecule has 0 aliphatic rings. The van der Waals surface area contributed by atoms with Gasteiger partial charge >= 0.3 is 6.61 Å². The number of carbonyl (C=O) groups excluding carboxylic acids is 1. The Hall–Kier alpha value is -2.67. The summed E-state index contributed by atoms with van der Waals surface area (Å²) in [7, 11) is 3.34. The number of aryl methyl sites for hydroxylation is 1. The maximum atomic E-state index is 12.4. The van der Waals surface area contributed by atoms with Crippen LogP contribution in [0.5, 0.6) is 11.5 Å². The van der Waals surface area contributed by atoms with Crippen LogP contribution in [-0.2, 0) is 24.3 Å². The first-order valence-corrected chi connectivity index (χ1v) is 9.18. The van der Waals surface area contributed by atoms with E-state index in [9.17, 15) is 13.6 Å². The van der Waals surface area contributed by atoms with E-state index in [1.54, 1.807) is 12.1 Å². The molecule has 0 aliphatic carbocycles. The first kappa shape index (κ1) is 21.6. The van der Waals surface area contributed by atoms with Crippen molar-refractivity contribution in [3.8, 4) is 11.5 Å². The molecule has 0 aliphatic heterocycles. The van der Waals surface area contributed by atoms with Crippen molar-refractivity contribution in [2.24, 2.45) is 0 Å². The lowest BCUT2D eigenvalue weighted by Gasteiger charge is -2.15. The van der Waals surface area contributed by atoms with Crippen molar-refractivity contribution in [2.75, 3.05) is 20.7 Å². The van der Waals surface area contributed by atoms with Crippen LogP contribution in [-0.4, -0.2) is 33.2 Å². The molecule has 1 atom stereocenters. The van der Waals surface area contributed by atoms with E-state index in [0.717, 1.165) is 23.4 Å². The molecule has 0 saturated carbocycles. The summed E-state index contributed by atoms with van der Waals surface area (Å²) >= 11 is 0. The summed E-state index contributed by atoms with van der Waals surface area (Å²) in [6.45, 7) is 0.564. The second-order valence-electron chi connectivity index (χ2n) is 6.62. The summed E-state index contributed by atoms with van der Waals surface area (Å²) in [4.78, 5) is 13.3. The molecule has 5 nitrogen and oxygen atoms in total. The third kappa shape index (κ3) is 6.81. The minimum absolute atomic E-state index is 0.0363. The molecular formula is C21H27F2N2O3+. The van der Waals surface area contributed by atoms with Gasteiger partial charge in [-0.05, 0) is 29.7 Å². The van der Waals surface area contributed by atoms with Gasteiger partial charge in [0.2, 0.25) is 0 Å². The van der Waals surface area contributed by atoms with Gasteiger partial charge in [0, 0.05) is 12.1 Å². The van der Waals surface area contributed by atoms with Gasteiger partial charge in [-0.2, -0.15) is 8.78 Å². The van der Waals surface area contributed by atoms with Gasteiger partial charge in [-0.25, -0.2) is 0 Å². The minimum atomic E-state index is -2.92. The Morgan fingerprint density at radius 3 is 2.32 bits per heavy atom. The molecule has 7 heteroatoms. The SMILES string of the molecule is CCc1ccc(C[NH+](C)CC(=O)NCc2ccc(OC(F)F)c(OC)c2)cc1. The van der Waals surface area contributed by atoms with Crippen molar-refractivity contribution in [1.29, 1.82) is 0 Å². The van der Waals surface area contributed by atoms with Crippen molar-refractivity contribution in [3.63, 3.8) is 0 Å². The second kappa shape index (κ2) is 10.6. The Morgan fingerprint density at radius 1 is 1.07 bits per heavy atom. The van der Waals surface area contributed by atoms with E-state index in [-0.39, 0.29) is 24.0 Å². The second-order valence-corrected chi connectivity index (χ2v) is 6.62. The standard InChI is InChI=1S/C21H26F2N2O3/c1-4-15-5-7-16(8-6-15)13-25(2)14-20(26)24-12-17-9-10-18(28-21(22)23)19(11-17)27-3/h5-11,21H,4,12-14H2,1-3H3,(H,24,26)/p+1. The quantitative estimate of drug-likeness (QED) is 0.651. The van der Waals surface area contributed by atoms with E-state index in [1.807, 2.05) is 7.05 Å². The topological polar surface area (TPSA) is 52.0 Å². The van der Waals surface area contributed by atoms with Crippen LogP contribution in [0.3, 0.4) is 0 Å². The summed E-state index contributed by atoms with van der Waals surface area (Å²) in [5.41, 5.74) is 3.21. The number of halogens is 2. The predicted molar refractivity (Wildman–Crippen MR) is 103 cm³/mol. The third-order valence-corrected chi connectivity index (χ3v) is 4.33.